The van der Waals surface area contributed by atoms with Crippen LogP contribution in [0.1, 0.15) is 5.56 Å². The maximum absolute atomic E-state index is 11.5. The summed E-state index contributed by atoms with van der Waals surface area (Å²) in [5, 5.41) is 17.0. The zero-order chi connectivity index (χ0) is 12.2. The van der Waals surface area contributed by atoms with Crippen molar-refractivity contribution in [3.05, 3.63) is 29.8 Å². The summed E-state index contributed by atoms with van der Waals surface area (Å²) in [6, 6.07) is 9.62. The number of sulfonamides is 1. The molecule has 0 atom stereocenters. The van der Waals surface area contributed by atoms with E-state index in [-0.39, 0.29) is 0 Å². The Labute approximate surface area is 94.2 Å². The number of anilines is 1. The first-order valence-electron chi connectivity index (χ1n) is 4.35. The molecule has 0 unspecified atom stereocenters. The molecule has 0 aromatic heterocycles. The van der Waals surface area contributed by atoms with Gasteiger partial charge in [-0.05, 0) is 24.3 Å². The summed E-state index contributed by atoms with van der Waals surface area (Å²) in [7, 11) is -2.22. The lowest BCUT2D eigenvalue weighted by Gasteiger charge is -2.17. The molecule has 1 aromatic rings. The topological polar surface area (TPSA) is 85.0 Å². The van der Waals surface area contributed by atoms with Gasteiger partial charge in [-0.15, -0.1) is 0 Å². The molecule has 0 amide bonds. The van der Waals surface area contributed by atoms with E-state index in [1.54, 1.807) is 6.07 Å². The standard InChI is InChI=1S/C10H9N3O2S/c1-13(16(14,15)7-6-11)10-4-2-9(8-12)3-5-10/h2-5H,7H2,1H3. The zero-order valence-corrected chi connectivity index (χ0v) is 9.40. The third-order valence-electron chi connectivity index (χ3n) is 2.02. The molecule has 0 fully saturated rings. The van der Waals surface area contributed by atoms with Crippen LogP contribution in [0.15, 0.2) is 24.3 Å². The van der Waals surface area contributed by atoms with Crippen molar-refractivity contribution in [2.45, 2.75) is 0 Å². The van der Waals surface area contributed by atoms with Gasteiger partial charge in [0.25, 0.3) is 0 Å². The maximum Gasteiger partial charge on any atom is 0.248 e. The fourth-order valence-electron chi connectivity index (χ4n) is 1.08. The summed E-state index contributed by atoms with van der Waals surface area (Å²) < 4.78 is 24.1. The second-order valence-corrected chi connectivity index (χ2v) is 5.04. The first-order valence-corrected chi connectivity index (χ1v) is 5.96. The molecule has 0 saturated carbocycles. The number of nitriles is 2. The van der Waals surface area contributed by atoms with Gasteiger partial charge >= 0.3 is 0 Å². The Kier molecular flexibility index (Phi) is 3.49. The lowest BCUT2D eigenvalue weighted by atomic mass is 10.2. The van der Waals surface area contributed by atoms with E-state index in [9.17, 15) is 8.42 Å². The van der Waals surface area contributed by atoms with Crippen molar-refractivity contribution < 1.29 is 8.42 Å². The third-order valence-corrected chi connectivity index (χ3v) is 3.56. The van der Waals surface area contributed by atoms with E-state index in [2.05, 4.69) is 0 Å². The van der Waals surface area contributed by atoms with E-state index in [0.717, 1.165) is 4.31 Å². The molecule has 1 rings (SSSR count). The Hall–Kier alpha value is -2.05. The van der Waals surface area contributed by atoms with Gasteiger partial charge in [0.1, 0.15) is 0 Å². The fraction of sp³-hybridized carbons (Fsp3) is 0.200. The van der Waals surface area contributed by atoms with E-state index in [1.165, 1.54) is 31.3 Å². The highest BCUT2D eigenvalue weighted by Crippen LogP contribution is 2.16. The minimum atomic E-state index is -3.59. The van der Waals surface area contributed by atoms with Gasteiger partial charge in [-0.3, -0.25) is 4.31 Å². The fourth-order valence-corrected chi connectivity index (χ4v) is 1.88. The minimum absolute atomic E-state index is 0.425. The molecule has 0 saturated heterocycles. The number of hydrogen-bond donors (Lipinski definition) is 0. The Morgan fingerprint density at radius 3 is 2.25 bits per heavy atom. The van der Waals surface area contributed by atoms with Gasteiger partial charge in [-0.1, -0.05) is 0 Å². The lowest BCUT2D eigenvalue weighted by Crippen LogP contribution is -2.28. The first kappa shape index (κ1) is 12.0. The van der Waals surface area contributed by atoms with Crippen LogP contribution in [-0.2, 0) is 10.0 Å². The highest BCUT2D eigenvalue weighted by molar-refractivity contribution is 7.92. The van der Waals surface area contributed by atoms with Crippen molar-refractivity contribution in [2.24, 2.45) is 0 Å². The Bertz CT molecular complexity index is 549. The summed E-state index contributed by atoms with van der Waals surface area (Å²) in [4.78, 5) is 0. The van der Waals surface area contributed by atoms with Gasteiger partial charge in [-0.25, -0.2) is 8.42 Å². The molecule has 1 aromatic carbocycles. The van der Waals surface area contributed by atoms with Crippen LogP contribution in [0, 0.1) is 22.7 Å². The number of benzene rings is 1. The Morgan fingerprint density at radius 1 is 1.25 bits per heavy atom. The lowest BCUT2D eigenvalue weighted by molar-refractivity contribution is 0.597. The van der Waals surface area contributed by atoms with Crippen molar-refractivity contribution >= 4 is 15.7 Å². The van der Waals surface area contributed by atoms with Crippen molar-refractivity contribution in [1.82, 2.24) is 0 Å². The highest BCUT2D eigenvalue weighted by atomic mass is 32.2. The second-order valence-electron chi connectivity index (χ2n) is 3.04. The molecule has 6 heteroatoms. The first-order chi connectivity index (χ1) is 7.51. The number of rotatable bonds is 3. The molecule has 82 valence electrons. The maximum atomic E-state index is 11.5. The molecule has 0 aliphatic rings. The number of nitrogens with zero attached hydrogens (tertiary/aromatic N) is 3. The average molecular weight is 235 g/mol. The highest BCUT2D eigenvalue weighted by Gasteiger charge is 2.17. The quantitative estimate of drug-likeness (QED) is 0.777. The van der Waals surface area contributed by atoms with Crippen LogP contribution >= 0.6 is 0 Å². The van der Waals surface area contributed by atoms with Crippen molar-refractivity contribution in [3.8, 4) is 12.1 Å². The van der Waals surface area contributed by atoms with Crippen LogP contribution in [0.4, 0.5) is 5.69 Å². The average Bonchev–Trinajstić information content (AvgIpc) is 2.28. The largest absolute Gasteiger partial charge is 0.272 e. The van der Waals surface area contributed by atoms with E-state index in [0.29, 0.717) is 11.3 Å². The third kappa shape index (κ3) is 2.50. The molecule has 0 bridgehead atoms. The minimum Gasteiger partial charge on any atom is -0.272 e. The van der Waals surface area contributed by atoms with Gasteiger partial charge in [-0.2, -0.15) is 10.5 Å². The van der Waals surface area contributed by atoms with Gasteiger partial charge in [0, 0.05) is 7.05 Å². The summed E-state index contributed by atoms with van der Waals surface area (Å²) in [5.74, 6) is -0.566. The van der Waals surface area contributed by atoms with Crippen LogP contribution in [0.5, 0.6) is 0 Å². The molecule has 0 heterocycles. The van der Waals surface area contributed by atoms with Crippen LogP contribution < -0.4 is 4.31 Å². The molecule has 0 radical (unpaired) electrons. The normalized spacial score (nSPS) is 10.2. The summed E-state index contributed by atoms with van der Waals surface area (Å²) in [6.45, 7) is 0. The predicted molar refractivity (Wildman–Crippen MR) is 59.0 cm³/mol. The van der Waals surface area contributed by atoms with E-state index < -0.39 is 15.8 Å². The smallest absolute Gasteiger partial charge is 0.248 e. The molecule has 5 nitrogen and oxygen atoms in total. The predicted octanol–water partition coefficient (Wildman–Crippen LogP) is 0.848. The molecule has 0 aliphatic carbocycles. The number of hydrogen-bond acceptors (Lipinski definition) is 4. The van der Waals surface area contributed by atoms with Crippen LogP contribution in [0.2, 0.25) is 0 Å². The molecule has 0 aliphatic heterocycles. The monoisotopic (exact) mass is 235 g/mol. The SMILES string of the molecule is CN(c1ccc(C#N)cc1)S(=O)(=O)CC#N. The van der Waals surface area contributed by atoms with Crippen molar-refractivity contribution in [1.29, 1.82) is 10.5 Å². The van der Waals surface area contributed by atoms with Gasteiger partial charge in [0.05, 0.1) is 23.4 Å². The van der Waals surface area contributed by atoms with Gasteiger partial charge < -0.3 is 0 Å². The second kappa shape index (κ2) is 4.65. The van der Waals surface area contributed by atoms with Crippen LogP contribution in [-0.4, -0.2) is 21.2 Å². The van der Waals surface area contributed by atoms with E-state index >= 15 is 0 Å². The summed E-state index contributed by atoms with van der Waals surface area (Å²) in [5.41, 5.74) is 0.879. The zero-order valence-electron chi connectivity index (χ0n) is 8.58. The summed E-state index contributed by atoms with van der Waals surface area (Å²) >= 11 is 0. The summed E-state index contributed by atoms with van der Waals surface area (Å²) in [6.07, 6.45) is 0. The van der Waals surface area contributed by atoms with Gasteiger partial charge in [0.2, 0.25) is 10.0 Å². The molecule has 0 spiro atoms. The Morgan fingerprint density at radius 2 is 1.81 bits per heavy atom. The van der Waals surface area contributed by atoms with Crippen molar-refractivity contribution in [3.63, 3.8) is 0 Å². The van der Waals surface area contributed by atoms with E-state index in [1.807, 2.05) is 6.07 Å². The molecule has 0 N–H and O–H groups in total. The van der Waals surface area contributed by atoms with Crippen molar-refractivity contribution in [2.75, 3.05) is 17.1 Å². The Balaban J connectivity index is 3.03. The molecular formula is C10H9N3O2S. The molecular weight excluding hydrogens is 226 g/mol. The van der Waals surface area contributed by atoms with Crippen LogP contribution in [0.25, 0.3) is 0 Å². The molecule has 16 heavy (non-hydrogen) atoms. The van der Waals surface area contributed by atoms with Gasteiger partial charge in [0.15, 0.2) is 5.75 Å². The van der Waals surface area contributed by atoms with E-state index in [4.69, 9.17) is 10.5 Å². The van der Waals surface area contributed by atoms with Crippen LogP contribution in [0.3, 0.4) is 0 Å².